The molecule has 33 heavy (non-hydrogen) atoms. The number of hydrogen-bond donors (Lipinski definition) is 1. The van der Waals surface area contributed by atoms with Crippen molar-refractivity contribution in [3.63, 3.8) is 0 Å². The molecule has 172 valence electrons. The van der Waals surface area contributed by atoms with E-state index in [1.165, 1.54) is 11.3 Å². The highest BCUT2D eigenvalue weighted by Gasteiger charge is 2.36. The number of ether oxygens (including phenoxy) is 3. The monoisotopic (exact) mass is 467 g/mol. The van der Waals surface area contributed by atoms with Crippen LogP contribution in [0.15, 0.2) is 41.8 Å². The zero-order valence-corrected chi connectivity index (χ0v) is 19.7. The standard InChI is InChI=1S/C24H25N3O5S/c1-14-5-7-21(32-4)19(9-14)27-12-15(10-22(27)28)23(29)26-24-25-18(13-33-24)17-11-16(30-2)6-8-20(17)31-3/h5-9,11,13,15H,10,12H2,1-4H3,(H,25,26,29). The van der Waals surface area contributed by atoms with Gasteiger partial charge in [0, 0.05) is 23.9 Å². The first-order valence-electron chi connectivity index (χ1n) is 10.4. The van der Waals surface area contributed by atoms with Crippen LogP contribution in [-0.4, -0.2) is 44.7 Å². The maximum Gasteiger partial charge on any atom is 0.231 e. The number of aromatic nitrogens is 1. The van der Waals surface area contributed by atoms with Crippen LogP contribution in [0.4, 0.5) is 10.8 Å². The highest BCUT2D eigenvalue weighted by atomic mass is 32.1. The number of hydrogen-bond acceptors (Lipinski definition) is 7. The Morgan fingerprint density at radius 1 is 1.09 bits per heavy atom. The Bertz CT molecular complexity index is 1190. The van der Waals surface area contributed by atoms with E-state index >= 15 is 0 Å². The first-order chi connectivity index (χ1) is 15.9. The van der Waals surface area contributed by atoms with Gasteiger partial charge < -0.3 is 24.4 Å². The molecule has 2 heterocycles. The predicted molar refractivity (Wildman–Crippen MR) is 127 cm³/mol. The molecule has 2 aromatic carbocycles. The van der Waals surface area contributed by atoms with Gasteiger partial charge in [-0.3, -0.25) is 9.59 Å². The number of aryl methyl sites for hydroxylation is 1. The number of anilines is 2. The van der Waals surface area contributed by atoms with Gasteiger partial charge in [0.2, 0.25) is 11.8 Å². The van der Waals surface area contributed by atoms with Crippen molar-refractivity contribution in [1.29, 1.82) is 0 Å². The number of amides is 2. The van der Waals surface area contributed by atoms with Gasteiger partial charge in [-0.1, -0.05) is 6.07 Å². The van der Waals surface area contributed by atoms with Crippen molar-refractivity contribution < 1.29 is 23.8 Å². The number of benzene rings is 2. The van der Waals surface area contributed by atoms with E-state index in [-0.39, 0.29) is 24.8 Å². The lowest BCUT2D eigenvalue weighted by atomic mass is 10.1. The van der Waals surface area contributed by atoms with Crippen molar-refractivity contribution in [2.45, 2.75) is 13.3 Å². The van der Waals surface area contributed by atoms with Gasteiger partial charge in [-0.2, -0.15) is 0 Å². The normalized spacial score (nSPS) is 15.5. The average Bonchev–Trinajstić information content (AvgIpc) is 3.45. The Morgan fingerprint density at radius 3 is 2.58 bits per heavy atom. The van der Waals surface area contributed by atoms with E-state index in [9.17, 15) is 9.59 Å². The number of rotatable bonds is 7. The SMILES string of the molecule is COc1ccc(OC)c(-c2csc(NC(=O)C3CC(=O)N(c4cc(C)ccc4OC)C3)n2)c1. The molecule has 0 radical (unpaired) electrons. The second-order valence-corrected chi connectivity index (χ2v) is 8.53. The maximum atomic E-state index is 12.9. The molecule has 1 saturated heterocycles. The van der Waals surface area contributed by atoms with E-state index < -0.39 is 5.92 Å². The first-order valence-corrected chi connectivity index (χ1v) is 11.2. The van der Waals surface area contributed by atoms with Gasteiger partial charge >= 0.3 is 0 Å². The number of thiazole rings is 1. The zero-order chi connectivity index (χ0) is 23.5. The molecule has 9 heteroatoms. The van der Waals surface area contributed by atoms with Gasteiger partial charge in [-0.15, -0.1) is 11.3 Å². The fourth-order valence-electron chi connectivity index (χ4n) is 3.80. The fourth-order valence-corrected chi connectivity index (χ4v) is 4.52. The van der Waals surface area contributed by atoms with Gasteiger partial charge in [0.25, 0.3) is 0 Å². The summed E-state index contributed by atoms with van der Waals surface area (Å²) in [6.45, 7) is 2.23. The number of nitrogens with zero attached hydrogens (tertiary/aromatic N) is 2. The van der Waals surface area contributed by atoms with Crippen molar-refractivity contribution in [1.82, 2.24) is 4.98 Å². The van der Waals surface area contributed by atoms with Gasteiger partial charge in [-0.05, 0) is 42.8 Å². The second kappa shape index (κ2) is 9.50. The van der Waals surface area contributed by atoms with Crippen molar-refractivity contribution >= 4 is 34.0 Å². The smallest absolute Gasteiger partial charge is 0.231 e. The van der Waals surface area contributed by atoms with Gasteiger partial charge in [0.15, 0.2) is 5.13 Å². The molecule has 1 aliphatic rings. The Hall–Kier alpha value is -3.59. The topological polar surface area (TPSA) is 90.0 Å². The number of carbonyl (C=O) groups is 2. The molecule has 1 aromatic heterocycles. The van der Waals surface area contributed by atoms with Crippen LogP contribution in [0.5, 0.6) is 17.2 Å². The van der Waals surface area contributed by atoms with Crippen LogP contribution >= 0.6 is 11.3 Å². The Balaban J connectivity index is 1.49. The number of methoxy groups -OCH3 is 3. The van der Waals surface area contributed by atoms with Crippen LogP contribution in [-0.2, 0) is 9.59 Å². The minimum atomic E-state index is -0.485. The van der Waals surface area contributed by atoms with Gasteiger partial charge in [0.05, 0.1) is 38.6 Å². The minimum Gasteiger partial charge on any atom is -0.497 e. The van der Waals surface area contributed by atoms with Crippen LogP contribution in [0.1, 0.15) is 12.0 Å². The van der Waals surface area contributed by atoms with Crippen LogP contribution in [0.25, 0.3) is 11.3 Å². The highest BCUT2D eigenvalue weighted by Crippen LogP contribution is 2.36. The summed E-state index contributed by atoms with van der Waals surface area (Å²) in [6.07, 6.45) is 0.130. The summed E-state index contributed by atoms with van der Waals surface area (Å²) in [4.78, 5) is 31.8. The molecule has 0 aliphatic carbocycles. The van der Waals surface area contributed by atoms with Crippen molar-refractivity contribution in [2.75, 3.05) is 38.1 Å². The first kappa shape index (κ1) is 22.6. The summed E-state index contributed by atoms with van der Waals surface area (Å²) >= 11 is 1.31. The maximum absolute atomic E-state index is 12.9. The minimum absolute atomic E-state index is 0.111. The molecule has 1 unspecified atom stereocenters. The fraction of sp³-hybridized carbons (Fsp3) is 0.292. The second-order valence-electron chi connectivity index (χ2n) is 7.67. The molecule has 1 atom stereocenters. The molecule has 0 bridgehead atoms. The largest absolute Gasteiger partial charge is 0.497 e. The van der Waals surface area contributed by atoms with Crippen LogP contribution in [0.3, 0.4) is 0 Å². The van der Waals surface area contributed by atoms with Crippen LogP contribution in [0.2, 0.25) is 0 Å². The molecule has 2 amide bonds. The molecule has 0 spiro atoms. The molecular formula is C24H25N3O5S. The lowest BCUT2D eigenvalue weighted by molar-refractivity contribution is -0.122. The summed E-state index contributed by atoms with van der Waals surface area (Å²) in [5.41, 5.74) is 3.12. The number of carbonyl (C=O) groups excluding carboxylic acids is 2. The Kier molecular flexibility index (Phi) is 6.50. The average molecular weight is 468 g/mol. The lowest BCUT2D eigenvalue weighted by Gasteiger charge is -2.20. The summed E-state index contributed by atoms with van der Waals surface area (Å²) in [5, 5.41) is 5.16. The van der Waals surface area contributed by atoms with E-state index in [1.54, 1.807) is 26.2 Å². The highest BCUT2D eigenvalue weighted by molar-refractivity contribution is 7.14. The van der Waals surface area contributed by atoms with E-state index in [4.69, 9.17) is 14.2 Å². The van der Waals surface area contributed by atoms with E-state index in [0.29, 0.717) is 33.8 Å². The van der Waals surface area contributed by atoms with Crippen molar-refractivity contribution in [3.05, 3.63) is 47.3 Å². The van der Waals surface area contributed by atoms with Crippen molar-refractivity contribution in [3.8, 4) is 28.5 Å². The zero-order valence-electron chi connectivity index (χ0n) is 18.9. The third-order valence-corrected chi connectivity index (χ3v) is 6.30. The molecule has 3 aromatic rings. The summed E-state index contributed by atoms with van der Waals surface area (Å²) in [6, 6.07) is 11.1. The summed E-state index contributed by atoms with van der Waals surface area (Å²) < 4.78 is 16.1. The molecule has 1 N–H and O–H groups in total. The molecular weight excluding hydrogens is 442 g/mol. The lowest BCUT2D eigenvalue weighted by Crippen LogP contribution is -2.28. The number of nitrogens with one attached hydrogen (secondary N) is 1. The predicted octanol–water partition coefficient (Wildman–Crippen LogP) is 4.14. The molecule has 1 aliphatic heterocycles. The Morgan fingerprint density at radius 2 is 1.85 bits per heavy atom. The van der Waals surface area contributed by atoms with Crippen molar-refractivity contribution in [2.24, 2.45) is 5.92 Å². The molecule has 8 nitrogen and oxygen atoms in total. The Labute approximate surface area is 196 Å². The van der Waals surface area contributed by atoms with E-state index in [2.05, 4.69) is 10.3 Å². The third-order valence-electron chi connectivity index (χ3n) is 5.54. The van der Waals surface area contributed by atoms with E-state index in [0.717, 1.165) is 11.1 Å². The van der Waals surface area contributed by atoms with Gasteiger partial charge in [-0.25, -0.2) is 4.98 Å². The summed E-state index contributed by atoms with van der Waals surface area (Å²) in [7, 11) is 4.75. The quantitative estimate of drug-likeness (QED) is 0.562. The molecule has 4 rings (SSSR count). The molecule has 1 fully saturated rings. The summed E-state index contributed by atoms with van der Waals surface area (Å²) in [5.74, 6) is 1.10. The van der Waals surface area contributed by atoms with Crippen LogP contribution in [0, 0.1) is 12.8 Å². The van der Waals surface area contributed by atoms with Gasteiger partial charge in [0.1, 0.15) is 17.2 Å². The molecule has 0 saturated carbocycles. The van der Waals surface area contributed by atoms with E-state index in [1.807, 2.05) is 48.7 Å². The third kappa shape index (κ3) is 4.63. The van der Waals surface area contributed by atoms with Crippen LogP contribution < -0.4 is 24.4 Å².